The van der Waals surface area contributed by atoms with Crippen LogP contribution in [-0.4, -0.2) is 0 Å². The average Bonchev–Trinajstić information content (AvgIpc) is 2.04. The van der Waals surface area contributed by atoms with Crippen molar-refractivity contribution in [3.05, 3.63) is 29.1 Å². The highest BCUT2D eigenvalue weighted by Gasteiger charge is 2.14. The number of nitrogens with one attached hydrogen (secondary N) is 1. The standard InChI is InChI=1S/C10H13N.HI/c1-8-6-7-9-4-2-3-5-10(9)11-8;/h6-7H,2-5H2,1H3;1H. The third-order valence-corrected chi connectivity index (χ3v) is 2.39. The van der Waals surface area contributed by atoms with Crippen LogP contribution in [0.2, 0.25) is 0 Å². The molecule has 1 aliphatic rings. The van der Waals surface area contributed by atoms with Gasteiger partial charge in [-0.25, -0.2) is 4.98 Å². The number of rotatable bonds is 0. The summed E-state index contributed by atoms with van der Waals surface area (Å²) in [4.78, 5) is 3.43. The molecule has 0 radical (unpaired) electrons. The van der Waals surface area contributed by atoms with Gasteiger partial charge in [0.1, 0.15) is 0 Å². The average molecular weight is 275 g/mol. The molecule has 0 saturated heterocycles. The fourth-order valence-electron chi connectivity index (χ4n) is 1.76. The lowest BCUT2D eigenvalue weighted by Gasteiger charge is -2.09. The molecular weight excluding hydrogens is 261 g/mol. The Morgan fingerprint density at radius 1 is 1.17 bits per heavy atom. The largest absolute Gasteiger partial charge is 1.00 e. The van der Waals surface area contributed by atoms with Gasteiger partial charge in [-0.3, -0.25) is 0 Å². The maximum absolute atomic E-state index is 3.43. The summed E-state index contributed by atoms with van der Waals surface area (Å²) in [7, 11) is 0. The van der Waals surface area contributed by atoms with Crippen molar-refractivity contribution in [2.24, 2.45) is 0 Å². The third kappa shape index (κ3) is 1.97. The molecule has 1 heterocycles. The lowest BCUT2D eigenvalue weighted by atomic mass is 9.96. The summed E-state index contributed by atoms with van der Waals surface area (Å²) in [6.45, 7) is 2.12. The minimum absolute atomic E-state index is 0. The van der Waals surface area contributed by atoms with Gasteiger partial charge in [-0.1, -0.05) is 0 Å². The Morgan fingerprint density at radius 3 is 2.75 bits per heavy atom. The smallest absolute Gasteiger partial charge is 0.182 e. The van der Waals surface area contributed by atoms with Crippen LogP contribution in [0.1, 0.15) is 29.8 Å². The van der Waals surface area contributed by atoms with E-state index in [-0.39, 0.29) is 24.0 Å². The first-order valence-corrected chi connectivity index (χ1v) is 4.37. The van der Waals surface area contributed by atoms with E-state index in [2.05, 4.69) is 24.0 Å². The molecule has 1 aromatic heterocycles. The first-order valence-electron chi connectivity index (χ1n) is 4.37. The fourth-order valence-corrected chi connectivity index (χ4v) is 1.76. The highest BCUT2D eigenvalue weighted by molar-refractivity contribution is 5.19. The maximum atomic E-state index is 3.43. The number of halogens is 1. The molecule has 12 heavy (non-hydrogen) atoms. The highest BCUT2D eigenvalue weighted by Crippen LogP contribution is 2.16. The van der Waals surface area contributed by atoms with Crippen LogP contribution in [-0.2, 0) is 12.8 Å². The van der Waals surface area contributed by atoms with Gasteiger partial charge in [-0.2, -0.15) is 0 Å². The Labute approximate surface area is 90.6 Å². The van der Waals surface area contributed by atoms with Gasteiger partial charge in [0.05, 0.1) is 0 Å². The fraction of sp³-hybridized carbons (Fsp3) is 0.500. The van der Waals surface area contributed by atoms with Gasteiger partial charge >= 0.3 is 0 Å². The summed E-state index contributed by atoms with van der Waals surface area (Å²) in [6, 6.07) is 4.43. The van der Waals surface area contributed by atoms with E-state index >= 15 is 0 Å². The van der Waals surface area contributed by atoms with E-state index in [1.54, 1.807) is 0 Å². The van der Waals surface area contributed by atoms with E-state index < -0.39 is 0 Å². The van der Waals surface area contributed by atoms with E-state index in [1.165, 1.54) is 42.6 Å². The molecule has 2 heteroatoms. The second-order valence-corrected chi connectivity index (χ2v) is 3.35. The SMILES string of the molecule is Cc1ccc2c([nH+]1)CCCC2.[I-]. The molecule has 0 saturated carbocycles. The first kappa shape index (κ1) is 9.96. The second kappa shape index (κ2) is 4.21. The molecule has 0 fully saturated rings. The molecule has 66 valence electrons. The highest BCUT2D eigenvalue weighted by atomic mass is 127. The summed E-state index contributed by atoms with van der Waals surface area (Å²) in [5, 5.41) is 0. The third-order valence-electron chi connectivity index (χ3n) is 2.39. The topological polar surface area (TPSA) is 14.1 Å². The Bertz CT molecular complexity index is 271. The van der Waals surface area contributed by atoms with Gasteiger partial charge in [-0.15, -0.1) is 0 Å². The molecule has 0 amide bonds. The summed E-state index contributed by atoms with van der Waals surface area (Å²) in [5.74, 6) is 0. The van der Waals surface area contributed by atoms with Crippen LogP contribution in [0.4, 0.5) is 0 Å². The van der Waals surface area contributed by atoms with E-state index in [0.29, 0.717) is 0 Å². The van der Waals surface area contributed by atoms with Gasteiger partial charge in [0.2, 0.25) is 0 Å². The van der Waals surface area contributed by atoms with E-state index in [9.17, 15) is 0 Å². The molecule has 1 aliphatic carbocycles. The van der Waals surface area contributed by atoms with Crippen molar-refractivity contribution < 1.29 is 29.0 Å². The number of hydrogen-bond donors (Lipinski definition) is 0. The maximum Gasteiger partial charge on any atom is 0.182 e. The Morgan fingerprint density at radius 2 is 1.92 bits per heavy atom. The number of aryl methyl sites for hydroxylation is 3. The molecule has 0 aromatic carbocycles. The van der Waals surface area contributed by atoms with Gasteiger partial charge in [0.25, 0.3) is 0 Å². The number of aromatic nitrogens is 1. The molecule has 0 spiro atoms. The second-order valence-electron chi connectivity index (χ2n) is 3.35. The summed E-state index contributed by atoms with van der Waals surface area (Å²) >= 11 is 0. The van der Waals surface area contributed by atoms with Gasteiger partial charge in [0, 0.05) is 25.0 Å². The molecule has 0 atom stereocenters. The van der Waals surface area contributed by atoms with Crippen molar-refractivity contribution in [2.45, 2.75) is 32.6 Å². The monoisotopic (exact) mass is 275 g/mol. The van der Waals surface area contributed by atoms with E-state index in [0.717, 1.165) is 0 Å². The minimum atomic E-state index is 0. The zero-order valence-corrected chi connectivity index (χ0v) is 9.52. The van der Waals surface area contributed by atoms with Crippen LogP contribution in [0.15, 0.2) is 12.1 Å². The molecule has 1 N–H and O–H groups in total. The Hall–Kier alpha value is -0.120. The minimum Gasteiger partial charge on any atom is -1.00 e. The Balaban J connectivity index is 0.000000720. The molecule has 1 nitrogen and oxygen atoms in total. The molecule has 2 rings (SSSR count). The number of hydrogen-bond acceptors (Lipinski definition) is 0. The number of fused-ring (bicyclic) bond motifs is 1. The van der Waals surface area contributed by atoms with E-state index in [4.69, 9.17) is 0 Å². The molecule has 0 bridgehead atoms. The molecule has 0 aliphatic heterocycles. The van der Waals surface area contributed by atoms with Crippen LogP contribution in [0.5, 0.6) is 0 Å². The molecular formula is C10H14IN. The lowest BCUT2D eigenvalue weighted by Crippen LogP contribution is -3.00. The number of aromatic amines is 1. The van der Waals surface area contributed by atoms with Gasteiger partial charge < -0.3 is 24.0 Å². The first-order chi connectivity index (χ1) is 5.36. The predicted molar refractivity (Wildman–Crippen MR) is 44.4 cm³/mol. The van der Waals surface area contributed by atoms with Crippen molar-refractivity contribution in [2.75, 3.05) is 0 Å². The van der Waals surface area contributed by atoms with Crippen molar-refractivity contribution >= 4 is 0 Å². The summed E-state index contributed by atoms with van der Waals surface area (Å²) < 4.78 is 0. The van der Waals surface area contributed by atoms with Crippen LogP contribution in [0.3, 0.4) is 0 Å². The van der Waals surface area contributed by atoms with Crippen molar-refractivity contribution in [3.8, 4) is 0 Å². The van der Waals surface area contributed by atoms with Gasteiger partial charge in [-0.05, 0) is 25.3 Å². The van der Waals surface area contributed by atoms with Crippen LogP contribution in [0, 0.1) is 6.92 Å². The number of H-pyrrole nitrogens is 1. The zero-order valence-electron chi connectivity index (χ0n) is 7.36. The van der Waals surface area contributed by atoms with Crippen molar-refractivity contribution in [1.29, 1.82) is 0 Å². The normalized spacial score (nSPS) is 14.8. The summed E-state index contributed by atoms with van der Waals surface area (Å²) in [6.07, 6.45) is 5.24. The van der Waals surface area contributed by atoms with Gasteiger partial charge in [0.15, 0.2) is 11.4 Å². The van der Waals surface area contributed by atoms with Crippen LogP contribution < -0.4 is 29.0 Å². The van der Waals surface area contributed by atoms with Crippen molar-refractivity contribution in [3.63, 3.8) is 0 Å². The zero-order chi connectivity index (χ0) is 7.68. The van der Waals surface area contributed by atoms with E-state index in [1.807, 2.05) is 0 Å². The predicted octanol–water partition coefficient (Wildman–Crippen LogP) is -1.31. The number of pyridine rings is 1. The summed E-state index contributed by atoms with van der Waals surface area (Å²) in [5.41, 5.74) is 4.28. The molecule has 1 aromatic rings. The quantitative estimate of drug-likeness (QED) is 0.522. The molecule has 0 unspecified atom stereocenters. The Kier molecular flexibility index (Phi) is 3.50. The van der Waals surface area contributed by atoms with Crippen LogP contribution >= 0.6 is 0 Å². The lowest BCUT2D eigenvalue weighted by molar-refractivity contribution is -0.401. The van der Waals surface area contributed by atoms with Crippen molar-refractivity contribution in [1.82, 2.24) is 0 Å². The van der Waals surface area contributed by atoms with Crippen LogP contribution in [0.25, 0.3) is 0 Å².